The van der Waals surface area contributed by atoms with E-state index in [9.17, 15) is 9.59 Å². The van der Waals surface area contributed by atoms with Crippen LogP contribution in [0, 0.1) is 20.8 Å². The number of hydrogen-bond donors (Lipinski definition) is 0. The summed E-state index contributed by atoms with van der Waals surface area (Å²) in [6.45, 7) is 8.44. The molecule has 0 N–H and O–H groups in total. The van der Waals surface area contributed by atoms with Crippen molar-refractivity contribution in [1.82, 2.24) is 4.68 Å². The largest absolute Gasteiger partial charge is 0.464 e. The van der Waals surface area contributed by atoms with Crippen LogP contribution in [0.2, 0.25) is 0 Å². The molecule has 1 radical (unpaired) electrons. The van der Waals surface area contributed by atoms with E-state index in [0.29, 0.717) is 13.0 Å². The predicted molar refractivity (Wildman–Crippen MR) is 90.6 cm³/mol. The molecule has 25 heavy (non-hydrogen) atoms. The molecule has 131 valence electrons. The van der Waals surface area contributed by atoms with Crippen LogP contribution in [-0.2, 0) is 66.5 Å². The van der Waals surface area contributed by atoms with Crippen molar-refractivity contribution >= 4 is 11.8 Å². The van der Waals surface area contributed by atoms with Gasteiger partial charge in [-0.3, -0.25) is 4.79 Å². The van der Waals surface area contributed by atoms with E-state index in [0.717, 1.165) is 22.4 Å². The number of esters is 1. The first kappa shape index (κ1) is 21.7. The second-order valence-electron chi connectivity index (χ2n) is 6.00. The zero-order valence-corrected chi connectivity index (χ0v) is 18.3. The third kappa shape index (κ3) is 5.86. The maximum Gasteiger partial charge on any atom is 0.331 e. The van der Waals surface area contributed by atoms with Gasteiger partial charge in [0.15, 0.2) is 12.7 Å². The van der Waals surface area contributed by atoms with Crippen LogP contribution in [0.1, 0.15) is 29.3 Å². The molecule has 6 heteroatoms. The molecule has 0 atom stereocenters. The number of nitrogens with zero attached hydrogens (tertiary/aromatic N) is 2. The molecule has 5 nitrogen and oxygen atoms in total. The molecule has 2 rings (SSSR count). The van der Waals surface area contributed by atoms with Gasteiger partial charge in [0.1, 0.15) is 0 Å². The summed E-state index contributed by atoms with van der Waals surface area (Å²) in [4.78, 5) is 24.2. The van der Waals surface area contributed by atoms with Crippen molar-refractivity contribution in [2.75, 3.05) is 6.61 Å². The van der Waals surface area contributed by atoms with E-state index in [1.54, 1.807) is 16.3 Å². The quantitative estimate of drug-likeness (QED) is 0.511. The summed E-state index contributed by atoms with van der Waals surface area (Å²) in [6, 6.07) is 7.94. The van der Waals surface area contributed by atoms with Crippen molar-refractivity contribution in [2.45, 2.75) is 47.2 Å². The van der Waals surface area contributed by atoms with E-state index >= 15 is 0 Å². The van der Waals surface area contributed by atoms with Gasteiger partial charge in [-0.1, -0.05) is 18.2 Å². The number of carbonyl (C=O) groups is 2. The summed E-state index contributed by atoms with van der Waals surface area (Å²) < 4.78 is 8.56. The number of benzene rings is 1. The maximum atomic E-state index is 12.5. The Labute approximate surface area is 174 Å². The SMILES string of the molecule is CCOC(=O)Cn1c(C)cc[n+]1CC(=O)Cc1c(C)cccc1C.[Y]. The number of ether oxygens (including phenoxy) is 1. The van der Waals surface area contributed by atoms with E-state index in [1.807, 2.05) is 51.2 Å². The number of ketones is 1. The minimum atomic E-state index is -0.298. The van der Waals surface area contributed by atoms with E-state index in [4.69, 9.17) is 4.74 Å². The molecule has 0 saturated carbocycles. The molecule has 0 aliphatic rings. The van der Waals surface area contributed by atoms with Crippen LogP contribution in [0.4, 0.5) is 0 Å². The summed E-state index contributed by atoms with van der Waals surface area (Å²) in [5.41, 5.74) is 4.27. The summed E-state index contributed by atoms with van der Waals surface area (Å²) >= 11 is 0. The van der Waals surface area contributed by atoms with Gasteiger partial charge in [-0.05, 0) is 44.4 Å². The maximum absolute atomic E-state index is 12.5. The van der Waals surface area contributed by atoms with E-state index in [2.05, 4.69) is 0 Å². The van der Waals surface area contributed by atoms with E-state index in [-0.39, 0.29) is 57.6 Å². The number of aromatic nitrogens is 2. The third-order valence-electron chi connectivity index (χ3n) is 4.15. The first-order valence-corrected chi connectivity index (χ1v) is 8.20. The number of aryl methyl sites for hydroxylation is 3. The molecule has 0 amide bonds. The average molecular weight is 418 g/mol. The third-order valence-corrected chi connectivity index (χ3v) is 4.15. The van der Waals surface area contributed by atoms with Crippen LogP contribution in [0.3, 0.4) is 0 Å². The molecular formula is C19H25N2O3Y+. The van der Waals surface area contributed by atoms with E-state index in [1.165, 1.54) is 0 Å². The molecule has 0 fully saturated rings. The summed E-state index contributed by atoms with van der Waals surface area (Å²) in [7, 11) is 0. The first-order valence-electron chi connectivity index (χ1n) is 8.20. The molecule has 0 aliphatic carbocycles. The Balaban J connectivity index is 0.00000312. The van der Waals surface area contributed by atoms with Gasteiger partial charge in [0, 0.05) is 45.2 Å². The Kier molecular flexibility index (Phi) is 8.67. The first-order chi connectivity index (χ1) is 11.4. The molecule has 0 aliphatic heterocycles. The van der Waals surface area contributed by atoms with Gasteiger partial charge < -0.3 is 4.74 Å². The van der Waals surface area contributed by atoms with E-state index < -0.39 is 0 Å². The van der Waals surface area contributed by atoms with Crippen LogP contribution in [0.5, 0.6) is 0 Å². The Morgan fingerprint density at radius 3 is 2.36 bits per heavy atom. The Bertz CT molecular complexity index is 733. The second-order valence-corrected chi connectivity index (χ2v) is 6.00. The monoisotopic (exact) mass is 418 g/mol. The van der Waals surface area contributed by atoms with Gasteiger partial charge in [0.05, 0.1) is 12.3 Å². The van der Waals surface area contributed by atoms with Gasteiger partial charge in [-0.2, -0.15) is 0 Å². The molecule has 1 aromatic carbocycles. The van der Waals surface area contributed by atoms with Crippen molar-refractivity contribution in [3.05, 3.63) is 52.8 Å². The standard InChI is InChI=1S/C19H25N2O3.Y/c1-5-24-19(23)13-21-16(4)9-10-20(21)12-17(22)11-18-14(2)7-6-8-15(18)3;/h6-10H,5,11-13H2,1-4H3;/q+1;. The predicted octanol–water partition coefficient (Wildman–Crippen LogP) is 2.07. The van der Waals surface area contributed by atoms with Crippen molar-refractivity contribution in [3.63, 3.8) is 0 Å². The Morgan fingerprint density at radius 2 is 1.76 bits per heavy atom. The van der Waals surface area contributed by atoms with Crippen LogP contribution in [0.25, 0.3) is 0 Å². The summed E-state index contributed by atoms with van der Waals surface area (Å²) in [5, 5.41) is 0. The topological polar surface area (TPSA) is 52.2 Å². The number of rotatable bonds is 7. The van der Waals surface area contributed by atoms with Crippen molar-refractivity contribution < 1.29 is 51.7 Å². The number of hydrogen-bond acceptors (Lipinski definition) is 3. The van der Waals surface area contributed by atoms with Gasteiger partial charge in [-0.25, -0.2) is 4.79 Å². The van der Waals surface area contributed by atoms with Crippen LogP contribution in [0.15, 0.2) is 30.5 Å². The smallest absolute Gasteiger partial charge is 0.331 e. The normalized spacial score (nSPS) is 10.2. The molecule has 0 saturated heterocycles. The second kappa shape index (κ2) is 9.98. The molecule has 2 aromatic rings. The van der Waals surface area contributed by atoms with Crippen molar-refractivity contribution in [2.24, 2.45) is 0 Å². The minimum absolute atomic E-state index is 0. The minimum Gasteiger partial charge on any atom is -0.464 e. The van der Waals surface area contributed by atoms with Gasteiger partial charge in [-0.15, -0.1) is 9.36 Å². The molecule has 0 spiro atoms. The molecule has 0 unspecified atom stereocenters. The zero-order valence-electron chi connectivity index (χ0n) is 15.4. The molecule has 1 heterocycles. The number of Topliss-reactive ketones (excluding diaryl/α,β-unsaturated/α-hetero) is 1. The van der Waals surface area contributed by atoms with Gasteiger partial charge in [0.2, 0.25) is 12.3 Å². The number of carbonyl (C=O) groups excluding carboxylic acids is 2. The fourth-order valence-corrected chi connectivity index (χ4v) is 2.81. The Hall–Kier alpha value is -1.33. The summed E-state index contributed by atoms with van der Waals surface area (Å²) in [5.74, 6) is -0.187. The molecule has 0 bridgehead atoms. The van der Waals surface area contributed by atoms with Gasteiger partial charge >= 0.3 is 5.97 Å². The van der Waals surface area contributed by atoms with Crippen LogP contribution >= 0.6 is 0 Å². The Morgan fingerprint density at radius 1 is 1.12 bits per heavy atom. The van der Waals surface area contributed by atoms with Gasteiger partial charge in [0.25, 0.3) is 0 Å². The van der Waals surface area contributed by atoms with Crippen LogP contribution in [-0.4, -0.2) is 23.0 Å². The average Bonchev–Trinajstić information content (AvgIpc) is 2.84. The van der Waals surface area contributed by atoms with Crippen molar-refractivity contribution in [3.8, 4) is 0 Å². The fraction of sp³-hybridized carbons (Fsp3) is 0.421. The summed E-state index contributed by atoms with van der Waals surface area (Å²) in [6.07, 6.45) is 2.23. The molecule has 1 aromatic heterocycles. The molecular weight excluding hydrogens is 393 g/mol. The van der Waals surface area contributed by atoms with Crippen LogP contribution < -0.4 is 4.68 Å². The zero-order chi connectivity index (χ0) is 17.7. The fourth-order valence-electron chi connectivity index (χ4n) is 2.81. The van der Waals surface area contributed by atoms with Crippen molar-refractivity contribution in [1.29, 1.82) is 0 Å².